The molecule has 8 nitrogen and oxygen atoms in total. The molecule has 0 spiro atoms. The van der Waals surface area contributed by atoms with Crippen molar-refractivity contribution in [2.75, 3.05) is 12.4 Å². The summed E-state index contributed by atoms with van der Waals surface area (Å²) in [4.78, 5) is 30.4. The molecule has 3 N–H and O–H groups in total. The van der Waals surface area contributed by atoms with Crippen LogP contribution in [0.25, 0.3) is 11.2 Å². The highest BCUT2D eigenvalue weighted by atomic mass is 16.2. The number of nitrogens with one attached hydrogen (secondary N) is 1. The minimum Gasteiger partial charge on any atom is -0.382 e. The van der Waals surface area contributed by atoms with E-state index in [0.29, 0.717) is 23.7 Å². The number of H-pyrrole nitrogens is 1. The van der Waals surface area contributed by atoms with Crippen LogP contribution in [0.3, 0.4) is 0 Å². The number of fused-ring (bicyclic) bond motifs is 1. The lowest BCUT2D eigenvalue weighted by Gasteiger charge is -2.14. The standard InChI is InChI=1S/C6H8N2O.C5H5N5/c1-6(9)8-4-2-3-7-5-8;6-4-3-5(9-1-7-3)10-2-8-4/h2-4H,5H2,1H3;1-2H,(H3,6,7,8,9,10). The summed E-state index contributed by atoms with van der Waals surface area (Å²) in [6.45, 7) is 1.98. The Morgan fingerprint density at radius 3 is 2.84 bits per heavy atom. The zero-order chi connectivity index (χ0) is 13.7. The second-order valence-electron chi connectivity index (χ2n) is 3.66. The molecule has 3 rings (SSSR count). The van der Waals surface area contributed by atoms with Crippen molar-refractivity contribution in [2.45, 2.75) is 6.92 Å². The van der Waals surface area contributed by atoms with Crippen molar-refractivity contribution >= 4 is 29.1 Å². The molecule has 0 radical (unpaired) electrons. The van der Waals surface area contributed by atoms with Gasteiger partial charge >= 0.3 is 0 Å². The number of aromatic nitrogens is 4. The van der Waals surface area contributed by atoms with Crippen LogP contribution in [-0.4, -0.2) is 43.6 Å². The Bertz CT molecular complexity index is 631. The Kier molecular flexibility index (Phi) is 3.81. The summed E-state index contributed by atoms with van der Waals surface area (Å²) in [5.41, 5.74) is 6.78. The third kappa shape index (κ3) is 3.12. The number of anilines is 1. The van der Waals surface area contributed by atoms with Gasteiger partial charge in [0.2, 0.25) is 5.91 Å². The summed E-state index contributed by atoms with van der Waals surface area (Å²) in [5.74, 6) is 0.464. The predicted octanol–water partition coefficient (Wildman–Crippen LogP) is 0.326. The van der Waals surface area contributed by atoms with Crippen LogP contribution in [0.4, 0.5) is 5.82 Å². The van der Waals surface area contributed by atoms with E-state index in [9.17, 15) is 4.79 Å². The molecule has 8 heteroatoms. The first-order chi connectivity index (χ1) is 9.18. The number of nitrogens with zero attached hydrogens (tertiary/aromatic N) is 5. The molecule has 0 unspecified atom stereocenters. The van der Waals surface area contributed by atoms with E-state index in [0.717, 1.165) is 0 Å². The van der Waals surface area contributed by atoms with Crippen molar-refractivity contribution in [1.82, 2.24) is 24.8 Å². The minimum absolute atomic E-state index is 0.0306. The number of carbonyl (C=O) groups is 1. The topological polar surface area (TPSA) is 113 Å². The summed E-state index contributed by atoms with van der Waals surface area (Å²) in [5, 5.41) is 0. The van der Waals surface area contributed by atoms with Crippen LogP contribution in [0, 0.1) is 0 Å². The van der Waals surface area contributed by atoms with Crippen molar-refractivity contribution in [3.8, 4) is 0 Å². The first kappa shape index (κ1) is 12.7. The zero-order valence-electron chi connectivity index (χ0n) is 10.3. The summed E-state index contributed by atoms with van der Waals surface area (Å²) < 4.78 is 0. The number of carbonyl (C=O) groups excluding carboxylic acids is 1. The maximum atomic E-state index is 10.6. The normalized spacial score (nSPS) is 13.2. The van der Waals surface area contributed by atoms with Gasteiger partial charge in [-0.25, -0.2) is 15.0 Å². The molecule has 0 saturated carbocycles. The number of hydrogen-bond acceptors (Lipinski definition) is 6. The molecule has 0 fully saturated rings. The number of imidazole rings is 1. The van der Waals surface area contributed by atoms with Crippen LogP contribution in [0.5, 0.6) is 0 Å². The molecule has 0 aliphatic carbocycles. The van der Waals surface area contributed by atoms with Crippen LogP contribution >= 0.6 is 0 Å². The molecule has 98 valence electrons. The highest BCUT2D eigenvalue weighted by Gasteiger charge is 2.03. The summed E-state index contributed by atoms with van der Waals surface area (Å²) in [6.07, 6.45) is 8.06. The number of amides is 1. The van der Waals surface area contributed by atoms with Gasteiger partial charge in [0.15, 0.2) is 11.5 Å². The fraction of sp³-hybridized carbons (Fsp3) is 0.182. The Morgan fingerprint density at radius 2 is 2.26 bits per heavy atom. The molecule has 19 heavy (non-hydrogen) atoms. The largest absolute Gasteiger partial charge is 0.382 e. The number of aromatic amines is 1. The van der Waals surface area contributed by atoms with Gasteiger partial charge in [-0.2, -0.15) is 0 Å². The highest BCUT2D eigenvalue weighted by molar-refractivity contribution is 5.80. The lowest BCUT2D eigenvalue weighted by atomic mass is 10.5. The number of hydrogen-bond donors (Lipinski definition) is 2. The maximum absolute atomic E-state index is 10.6. The molecular formula is C11H13N7O. The molecule has 2 aromatic rings. The van der Waals surface area contributed by atoms with Crippen molar-refractivity contribution in [3.05, 3.63) is 24.9 Å². The third-order valence-corrected chi connectivity index (χ3v) is 2.35. The summed E-state index contributed by atoms with van der Waals surface area (Å²) in [7, 11) is 0. The first-order valence-corrected chi connectivity index (χ1v) is 5.52. The second-order valence-corrected chi connectivity index (χ2v) is 3.66. The molecule has 0 saturated heterocycles. The van der Waals surface area contributed by atoms with Gasteiger partial charge in [0.05, 0.1) is 6.33 Å². The number of nitrogens with two attached hydrogens (primary N) is 1. The van der Waals surface area contributed by atoms with E-state index in [1.807, 2.05) is 0 Å². The Balaban J connectivity index is 0.000000141. The number of allylic oxidation sites excluding steroid dienone is 1. The quantitative estimate of drug-likeness (QED) is 0.707. The second kappa shape index (κ2) is 5.71. The molecule has 1 aliphatic heterocycles. The Morgan fingerprint density at radius 1 is 1.42 bits per heavy atom. The van der Waals surface area contributed by atoms with Crippen LogP contribution < -0.4 is 5.73 Å². The fourth-order valence-corrected chi connectivity index (χ4v) is 1.37. The molecule has 1 amide bonds. The summed E-state index contributed by atoms with van der Waals surface area (Å²) in [6, 6.07) is 0. The molecule has 3 heterocycles. The van der Waals surface area contributed by atoms with Gasteiger partial charge in [0.1, 0.15) is 18.5 Å². The smallest absolute Gasteiger partial charge is 0.224 e. The average molecular weight is 259 g/mol. The SMILES string of the molecule is CC(=O)N1C=CC=NC1.Nc1ncnc2nc[nH]c12. The summed E-state index contributed by atoms with van der Waals surface area (Å²) >= 11 is 0. The van der Waals surface area contributed by atoms with E-state index < -0.39 is 0 Å². The van der Waals surface area contributed by atoms with E-state index in [4.69, 9.17) is 5.73 Å². The van der Waals surface area contributed by atoms with Crippen molar-refractivity contribution in [1.29, 1.82) is 0 Å². The highest BCUT2D eigenvalue weighted by Crippen LogP contribution is 2.09. The number of rotatable bonds is 0. The molecule has 0 atom stereocenters. The van der Waals surface area contributed by atoms with Crippen molar-refractivity contribution < 1.29 is 4.79 Å². The van der Waals surface area contributed by atoms with E-state index in [1.165, 1.54) is 19.6 Å². The minimum atomic E-state index is 0.0306. The number of aliphatic imine (C=N–C) groups is 1. The van der Waals surface area contributed by atoms with Gasteiger partial charge < -0.3 is 10.7 Å². The van der Waals surface area contributed by atoms with E-state index >= 15 is 0 Å². The van der Waals surface area contributed by atoms with E-state index in [1.54, 1.807) is 23.4 Å². The van der Waals surface area contributed by atoms with Crippen molar-refractivity contribution in [3.63, 3.8) is 0 Å². The molecule has 1 aliphatic rings. The van der Waals surface area contributed by atoms with E-state index in [-0.39, 0.29) is 5.91 Å². The van der Waals surface area contributed by atoms with Crippen LogP contribution in [0.2, 0.25) is 0 Å². The van der Waals surface area contributed by atoms with Gasteiger partial charge in [-0.15, -0.1) is 0 Å². The molecule has 0 bridgehead atoms. The van der Waals surface area contributed by atoms with Crippen LogP contribution in [-0.2, 0) is 4.79 Å². The average Bonchev–Trinajstić information content (AvgIpc) is 2.90. The number of nitrogen functional groups attached to an aromatic ring is 1. The first-order valence-electron chi connectivity index (χ1n) is 5.52. The Labute approximate surface area is 109 Å². The maximum Gasteiger partial charge on any atom is 0.224 e. The van der Waals surface area contributed by atoms with Gasteiger partial charge in [0.25, 0.3) is 0 Å². The lowest BCUT2D eigenvalue weighted by Crippen LogP contribution is -2.24. The van der Waals surface area contributed by atoms with Gasteiger partial charge in [0, 0.05) is 19.3 Å². The lowest BCUT2D eigenvalue weighted by molar-refractivity contribution is -0.126. The van der Waals surface area contributed by atoms with Crippen LogP contribution in [0.1, 0.15) is 6.92 Å². The monoisotopic (exact) mass is 259 g/mol. The Hall–Kier alpha value is -2.77. The van der Waals surface area contributed by atoms with Gasteiger partial charge in [-0.1, -0.05) is 0 Å². The fourth-order valence-electron chi connectivity index (χ4n) is 1.37. The van der Waals surface area contributed by atoms with Gasteiger partial charge in [-0.05, 0) is 6.08 Å². The molecular weight excluding hydrogens is 246 g/mol. The van der Waals surface area contributed by atoms with Crippen LogP contribution in [0.15, 0.2) is 29.9 Å². The zero-order valence-corrected chi connectivity index (χ0v) is 10.3. The van der Waals surface area contributed by atoms with E-state index in [2.05, 4.69) is 24.9 Å². The predicted molar refractivity (Wildman–Crippen MR) is 71.1 cm³/mol. The van der Waals surface area contributed by atoms with Gasteiger partial charge in [-0.3, -0.25) is 14.7 Å². The van der Waals surface area contributed by atoms with Crippen molar-refractivity contribution in [2.24, 2.45) is 4.99 Å². The third-order valence-electron chi connectivity index (χ3n) is 2.35. The molecule has 0 aromatic carbocycles. The molecule has 2 aromatic heterocycles.